The molecule has 1 aliphatic rings. The van der Waals surface area contributed by atoms with Crippen molar-refractivity contribution in [3.63, 3.8) is 0 Å². The predicted octanol–water partition coefficient (Wildman–Crippen LogP) is 0.716. The van der Waals surface area contributed by atoms with Crippen LogP contribution in [0.4, 0.5) is 0 Å². The molecule has 1 fully saturated rings. The van der Waals surface area contributed by atoms with E-state index in [0.717, 1.165) is 24.8 Å². The lowest BCUT2D eigenvalue weighted by atomic mass is 10.1. The number of nitrogens with zero attached hydrogens (tertiary/aromatic N) is 2. The van der Waals surface area contributed by atoms with Gasteiger partial charge in [-0.05, 0) is 32.5 Å². The summed E-state index contributed by atoms with van der Waals surface area (Å²) in [4.78, 5) is 2.42. The van der Waals surface area contributed by atoms with Gasteiger partial charge in [0.1, 0.15) is 0 Å². The second kappa shape index (κ2) is 4.57. The molecule has 0 bridgehead atoms. The van der Waals surface area contributed by atoms with Crippen molar-refractivity contribution in [2.45, 2.75) is 13.0 Å². The van der Waals surface area contributed by atoms with Crippen LogP contribution in [0.1, 0.15) is 12.2 Å². The number of hydrogen-bond acceptors (Lipinski definition) is 4. The highest BCUT2D eigenvalue weighted by Crippen LogP contribution is 2.17. The van der Waals surface area contributed by atoms with E-state index < -0.39 is 0 Å². The van der Waals surface area contributed by atoms with Crippen molar-refractivity contribution in [2.24, 2.45) is 5.92 Å². The largest absolute Gasteiger partial charge is 0.360 e. The summed E-state index contributed by atoms with van der Waals surface area (Å²) in [5.41, 5.74) is 0. The molecule has 1 saturated heterocycles. The van der Waals surface area contributed by atoms with E-state index in [1.54, 1.807) is 6.20 Å². The van der Waals surface area contributed by atoms with E-state index in [2.05, 4.69) is 15.4 Å². The Morgan fingerprint density at radius 1 is 1.71 bits per heavy atom. The molecule has 0 aromatic carbocycles. The zero-order valence-electron chi connectivity index (χ0n) is 8.57. The number of rotatable bonds is 4. The van der Waals surface area contributed by atoms with Gasteiger partial charge in [-0.3, -0.25) is 4.90 Å². The van der Waals surface area contributed by atoms with E-state index in [4.69, 9.17) is 4.52 Å². The van der Waals surface area contributed by atoms with Gasteiger partial charge in [-0.25, -0.2) is 0 Å². The van der Waals surface area contributed by atoms with Gasteiger partial charge in [0.05, 0.1) is 12.7 Å². The topological polar surface area (TPSA) is 41.3 Å². The molecule has 1 unspecified atom stereocenters. The van der Waals surface area contributed by atoms with Crippen molar-refractivity contribution in [3.05, 3.63) is 18.0 Å². The Hall–Kier alpha value is -0.870. The Morgan fingerprint density at radius 2 is 2.64 bits per heavy atom. The molecule has 0 radical (unpaired) electrons. The minimum atomic E-state index is 0.794. The maximum atomic E-state index is 5.08. The molecule has 14 heavy (non-hydrogen) atoms. The minimum absolute atomic E-state index is 0.794. The quantitative estimate of drug-likeness (QED) is 0.768. The lowest BCUT2D eigenvalue weighted by Crippen LogP contribution is -2.24. The summed E-state index contributed by atoms with van der Waals surface area (Å²) >= 11 is 0. The van der Waals surface area contributed by atoms with Gasteiger partial charge in [0.15, 0.2) is 5.76 Å². The van der Waals surface area contributed by atoms with Crippen LogP contribution in [-0.2, 0) is 6.54 Å². The highest BCUT2D eigenvalue weighted by atomic mass is 16.5. The second-order valence-corrected chi connectivity index (χ2v) is 3.93. The van der Waals surface area contributed by atoms with Crippen LogP contribution in [0.25, 0.3) is 0 Å². The first-order chi connectivity index (χ1) is 6.88. The molecule has 0 aliphatic carbocycles. The molecule has 1 aromatic rings. The summed E-state index contributed by atoms with van der Waals surface area (Å²) in [6.07, 6.45) is 2.99. The Bertz CT molecular complexity index is 260. The third-order valence-electron chi connectivity index (χ3n) is 2.73. The van der Waals surface area contributed by atoms with Gasteiger partial charge in [0.25, 0.3) is 0 Å². The van der Waals surface area contributed by atoms with E-state index in [9.17, 15) is 0 Å². The molecule has 4 nitrogen and oxygen atoms in total. The molecule has 2 heterocycles. The first-order valence-corrected chi connectivity index (χ1v) is 5.15. The molecular weight excluding hydrogens is 178 g/mol. The van der Waals surface area contributed by atoms with Gasteiger partial charge < -0.3 is 9.84 Å². The van der Waals surface area contributed by atoms with Crippen molar-refractivity contribution in [2.75, 3.05) is 26.7 Å². The summed E-state index contributed by atoms with van der Waals surface area (Å²) in [6.45, 7) is 4.36. The summed E-state index contributed by atoms with van der Waals surface area (Å²) in [5.74, 6) is 1.76. The number of hydrogen-bond donors (Lipinski definition) is 1. The van der Waals surface area contributed by atoms with Gasteiger partial charge in [-0.2, -0.15) is 0 Å². The van der Waals surface area contributed by atoms with Gasteiger partial charge in [-0.15, -0.1) is 0 Å². The fourth-order valence-corrected chi connectivity index (χ4v) is 2.06. The highest BCUT2D eigenvalue weighted by Gasteiger charge is 2.22. The average Bonchev–Trinajstić information content (AvgIpc) is 2.79. The molecule has 2 rings (SSSR count). The molecule has 1 aromatic heterocycles. The molecule has 78 valence electrons. The predicted molar refractivity (Wildman–Crippen MR) is 53.8 cm³/mol. The van der Waals surface area contributed by atoms with Crippen LogP contribution in [0.5, 0.6) is 0 Å². The van der Waals surface area contributed by atoms with E-state index in [-0.39, 0.29) is 0 Å². The molecule has 0 spiro atoms. The number of likely N-dealkylation sites (tertiary alicyclic amines) is 1. The maximum absolute atomic E-state index is 5.08. The fourth-order valence-electron chi connectivity index (χ4n) is 2.06. The third-order valence-corrected chi connectivity index (χ3v) is 2.73. The zero-order chi connectivity index (χ0) is 9.80. The molecule has 1 atom stereocenters. The first kappa shape index (κ1) is 9.68. The van der Waals surface area contributed by atoms with Crippen molar-refractivity contribution in [3.8, 4) is 0 Å². The summed E-state index contributed by atoms with van der Waals surface area (Å²) in [5, 5.41) is 6.93. The van der Waals surface area contributed by atoms with Crippen LogP contribution in [0.15, 0.2) is 16.8 Å². The van der Waals surface area contributed by atoms with E-state index in [1.165, 1.54) is 19.5 Å². The molecular formula is C10H17N3O. The van der Waals surface area contributed by atoms with Gasteiger partial charge in [-0.1, -0.05) is 5.16 Å². The normalized spacial score (nSPS) is 23.1. The molecule has 0 amide bonds. The Labute approximate surface area is 84.3 Å². The van der Waals surface area contributed by atoms with E-state index in [1.807, 2.05) is 13.1 Å². The third kappa shape index (κ3) is 2.33. The molecule has 1 N–H and O–H groups in total. The summed E-state index contributed by atoms with van der Waals surface area (Å²) in [7, 11) is 2.01. The van der Waals surface area contributed by atoms with Crippen LogP contribution in [0, 0.1) is 5.92 Å². The molecule has 0 saturated carbocycles. The van der Waals surface area contributed by atoms with E-state index in [0.29, 0.717) is 0 Å². The minimum Gasteiger partial charge on any atom is -0.360 e. The van der Waals surface area contributed by atoms with Crippen LogP contribution < -0.4 is 5.32 Å². The van der Waals surface area contributed by atoms with Gasteiger partial charge in [0.2, 0.25) is 0 Å². The second-order valence-electron chi connectivity index (χ2n) is 3.93. The fraction of sp³-hybridized carbons (Fsp3) is 0.700. The monoisotopic (exact) mass is 195 g/mol. The van der Waals surface area contributed by atoms with Gasteiger partial charge >= 0.3 is 0 Å². The lowest BCUT2D eigenvalue weighted by Gasteiger charge is -2.13. The Kier molecular flexibility index (Phi) is 3.16. The van der Waals surface area contributed by atoms with Crippen molar-refractivity contribution < 1.29 is 4.52 Å². The van der Waals surface area contributed by atoms with E-state index >= 15 is 0 Å². The standard InChI is InChI=1S/C10H17N3O/c1-11-6-9-3-5-13(7-9)8-10-2-4-12-14-10/h2,4,9,11H,3,5-8H2,1H3. The highest BCUT2D eigenvalue weighted by molar-refractivity contribution is 4.93. The van der Waals surface area contributed by atoms with Crippen molar-refractivity contribution in [1.29, 1.82) is 0 Å². The molecule has 4 heteroatoms. The van der Waals surface area contributed by atoms with Crippen LogP contribution >= 0.6 is 0 Å². The van der Waals surface area contributed by atoms with Crippen LogP contribution in [0.2, 0.25) is 0 Å². The van der Waals surface area contributed by atoms with Crippen LogP contribution in [-0.4, -0.2) is 36.7 Å². The Morgan fingerprint density at radius 3 is 3.36 bits per heavy atom. The maximum Gasteiger partial charge on any atom is 0.150 e. The van der Waals surface area contributed by atoms with Crippen LogP contribution in [0.3, 0.4) is 0 Å². The molecule has 1 aliphatic heterocycles. The lowest BCUT2D eigenvalue weighted by molar-refractivity contribution is 0.265. The smallest absolute Gasteiger partial charge is 0.150 e. The summed E-state index contributed by atoms with van der Waals surface area (Å²) < 4.78 is 5.08. The number of nitrogens with one attached hydrogen (secondary N) is 1. The summed E-state index contributed by atoms with van der Waals surface area (Å²) in [6, 6.07) is 1.94. The first-order valence-electron chi connectivity index (χ1n) is 5.15. The Balaban J connectivity index is 1.79. The van der Waals surface area contributed by atoms with Crippen molar-refractivity contribution in [1.82, 2.24) is 15.4 Å². The number of aromatic nitrogens is 1. The average molecular weight is 195 g/mol. The van der Waals surface area contributed by atoms with Gasteiger partial charge in [0, 0.05) is 12.6 Å². The zero-order valence-corrected chi connectivity index (χ0v) is 8.57. The van der Waals surface area contributed by atoms with Crippen molar-refractivity contribution >= 4 is 0 Å². The SMILES string of the molecule is CNCC1CCN(Cc2ccno2)C1.